The Morgan fingerprint density at radius 2 is 1.93 bits per heavy atom. The second kappa shape index (κ2) is 4.14. The van der Waals surface area contributed by atoms with Crippen LogP contribution in [0.2, 0.25) is 0 Å². The van der Waals surface area contributed by atoms with Gasteiger partial charge in [0.05, 0.1) is 12.8 Å². The summed E-state index contributed by atoms with van der Waals surface area (Å²) in [5.41, 5.74) is 0.803. The third-order valence-corrected chi connectivity index (χ3v) is 2.03. The van der Waals surface area contributed by atoms with Gasteiger partial charge in [0.25, 0.3) is 0 Å². The standard InChI is InChI=1S/C11H11NO3/c13-6-5-10-7-12-11(15-10)8-1-3-9(14)4-2-8/h1-4,7,13-14H,5-6H2. The SMILES string of the molecule is OCCc1cnc(-c2ccc(O)cc2)o1. The zero-order valence-corrected chi connectivity index (χ0v) is 8.05. The van der Waals surface area contributed by atoms with E-state index in [0.717, 1.165) is 5.56 Å². The lowest BCUT2D eigenvalue weighted by Crippen LogP contribution is -1.86. The van der Waals surface area contributed by atoms with E-state index in [9.17, 15) is 0 Å². The molecule has 78 valence electrons. The maximum Gasteiger partial charge on any atom is 0.226 e. The van der Waals surface area contributed by atoms with Crippen molar-refractivity contribution < 1.29 is 14.6 Å². The van der Waals surface area contributed by atoms with Crippen LogP contribution < -0.4 is 0 Å². The van der Waals surface area contributed by atoms with Gasteiger partial charge in [-0.25, -0.2) is 4.98 Å². The highest BCUT2D eigenvalue weighted by Gasteiger charge is 2.05. The van der Waals surface area contributed by atoms with E-state index < -0.39 is 0 Å². The normalized spacial score (nSPS) is 10.5. The van der Waals surface area contributed by atoms with Crippen LogP contribution in [-0.4, -0.2) is 21.8 Å². The van der Waals surface area contributed by atoms with Gasteiger partial charge >= 0.3 is 0 Å². The van der Waals surface area contributed by atoms with Crippen LogP contribution in [0.25, 0.3) is 11.5 Å². The van der Waals surface area contributed by atoms with Crippen LogP contribution in [0, 0.1) is 0 Å². The van der Waals surface area contributed by atoms with Crippen molar-refractivity contribution in [2.75, 3.05) is 6.61 Å². The lowest BCUT2D eigenvalue weighted by molar-refractivity contribution is 0.288. The van der Waals surface area contributed by atoms with Crippen molar-refractivity contribution >= 4 is 0 Å². The van der Waals surface area contributed by atoms with Crippen LogP contribution in [0.3, 0.4) is 0 Å². The number of aliphatic hydroxyl groups is 1. The summed E-state index contributed by atoms with van der Waals surface area (Å²) in [6.45, 7) is 0.0458. The molecule has 1 aromatic heterocycles. The fourth-order valence-electron chi connectivity index (χ4n) is 1.27. The lowest BCUT2D eigenvalue weighted by Gasteiger charge is -1.95. The Morgan fingerprint density at radius 1 is 1.20 bits per heavy atom. The average Bonchev–Trinajstić information content (AvgIpc) is 2.68. The molecule has 15 heavy (non-hydrogen) atoms. The molecule has 1 heterocycles. The number of aromatic nitrogens is 1. The predicted octanol–water partition coefficient (Wildman–Crippen LogP) is 1.58. The number of hydrogen-bond donors (Lipinski definition) is 2. The second-order valence-electron chi connectivity index (χ2n) is 3.15. The summed E-state index contributed by atoms with van der Waals surface area (Å²) in [4.78, 5) is 4.08. The van der Waals surface area contributed by atoms with Crippen molar-refractivity contribution in [1.29, 1.82) is 0 Å². The first-order valence-electron chi connectivity index (χ1n) is 4.64. The molecule has 4 nitrogen and oxygen atoms in total. The van der Waals surface area contributed by atoms with Gasteiger partial charge in [0, 0.05) is 12.0 Å². The van der Waals surface area contributed by atoms with Gasteiger partial charge in [-0.3, -0.25) is 0 Å². The minimum Gasteiger partial charge on any atom is -0.508 e. The van der Waals surface area contributed by atoms with Crippen molar-refractivity contribution in [1.82, 2.24) is 4.98 Å². The molecule has 0 atom stereocenters. The van der Waals surface area contributed by atoms with Crippen molar-refractivity contribution in [2.45, 2.75) is 6.42 Å². The zero-order valence-electron chi connectivity index (χ0n) is 8.05. The first-order chi connectivity index (χ1) is 7.29. The number of phenols is 1. The van der Waals surface area contributed by atoms with Gasteiger partial charge in [-0.2, -0.15) is 0 Å². The highest BCUT2D eigenvalue weighted by atomic mass is 16.4. The van der Waals surface area contributed by atoms with Gasteiger partial charge in [0.15, 0.2) is 0 Å². The summed E-state index contributed by atoms with van der Waals surface area (Å²) in [5.74, 6) is 1.36. The number of rotatable bonds is 3. The molecular weight excluding hydrogens is 194 g/mol. The molecule has 0 saturated carbocycles. The van der Waals surface area contributed by atoms with Crippen molar-refractivity contribution in [3.05, 3.63) is 36.2 Å². The third-order valence-electron chi connectivity index (χ3n) is 2.03. The number of nitrogens with zero attached hydrogens (tertiary/aromatic N) is 1. The van der Waals surface area contributed by atoms with Crippen molar-refractivity contribution in [2.24, 2.45) is 0 Å². The number of aliphatic hydroxyl groups excluding tert-OH is 1. The average molecular weight is 205 g/mol. The maximum absolute atomic E-state index is 9.11. The molecule has 0 fully saturated rings. The molecule has 0 radical (unpaired) electrons. The van der Waals surface area contributed by atoms with Crippen LogP contribution in [0.5, 0.6) is 5.75 Å². The summed E-state index contributed by atoms with van der Waals surface area (Å²) >= 11 is 0. The van der Waals surface area contributed by atoms with E-state index in [2.05, 4.69) is 4.98 Å². The maximum atomic E-state index is 9.11. The Morgan fingerprint density at radius 3 is 2.60 bits per heavy atom. The molecule has 2 rings (SSSR count). The molecule has 0 aliphatic heterocycles. The van der Waals surface area contributed by atoms with Gasteiger partial charge < -0.3 is 14.6 Å². The van der Waals surface area contributed by atoms with Gasteiger partial charge in [0.1, 0.15) is 11.5 Å². The Bertz CT molecular complexity index is 433. The fraction of sp³-hybridized carbons (Fsp3) is 0.182. The number of aromatic hydroxyl groups is 1. The predicted molar refractivity (Wildman–Crippen MR) is 54.4 cm³/mol. The molecule has 0 aliphatic rings. The van der Waals surface area contributed by atoms with Crippen LogP contribution in [0.1, 0.15) is 5.76 Å². The summed E-state index contributed by atoms with van der Waals surface area (Å²) < 4.78 is 5.40. The molecule has 0 saturated heterocycles. The van der Waals surface area contributed by atoms with E-state index in [0.29, 0.717) is 18.1 Å². The van der Waals surface area contributed by atoms with Crippen molar-refractivity contribution in [3.8, 4) is 17.2 Å². The number of hydrogen-bond acceptors (Lipinski definition) is 4. The summed E-state index contributed by atoms with van der Waals surface area (Å²) in [6.07, 6.45) is 2.06. The van der Waals surface area contributed by atoms with Crippen LogP contribution >= 0.6 is 0 Å². The Balaban J connectivity index is 2.25. The lowest BCUT2D eigenvalue weighted by atomic mass is 10.2. The van der Waals surface area contributed by atoms with Gasteiger partial charge in [-0.05, 0) is 24.3 Å². The largest absolute Gasteiger partial charge is 0.508 e. The van der Waals surface area contributed by atoms with E-state index >= 15 is 0 Å². The number of oxazole rings is 1. The van der Waals surface area contributed by atoms with Crippen molar-refractivity contribution in [3.63, 3.8) is 0 Å². The van der Waals surface area contributed by atoms with E-state index in [1.807, 2.05) is 0 Å². The monoisotopic (exact) mass is 205 g/mol. The first kappa shape index (κ1) is 9.73. The highest BCUT2D eigenvalue weighted by molar-refractivity contribution is 5.54. The molecule has 4 heteroatoms. The molecular formula is C11H11NO3. The Hall–Kier alpha value is -1.81. The van der Waals surface area contributed by atoms with E-state index in [-0.39, 0.29) is 12.4 Å². The number of phenolic OH excluding ortho intramolecular Hbond substituents is 1. The summed E-state index contributed by atoms with van der Waals surface area (Å²) in [5, 5.41) is 17.8. The molecule has 1 aromatic carbocycles. The minimum atomic E-state index is 0.0458. The molecule has 2 N–H and O–H groups in total. The van der Waals surface area contributed by atoms with E-state index in [1.54, 1.807) is 30.5 Å². The minimum absolute atomic E-state index is 0.0458. The molecule has 0 unspecified atom stereocenters. The zero-order chi connectivity index (χ0) is 10.7. The van der Waals surface area contributed by atoms with E-state index in [1.165, 1.54) is 0 Å². The first-order valence-corrected chi connectivity index (χ1v) is 4.64. The Labute approximate surface area is 86.8 Å². The van der Waals surface area contributed by atoms with E-state index in [4.69, 9.17) is 14.6 Å². The third kappa shape index (κ3) is 2.16. The topological polar surface area (TPSA) is 66.5 Å². The van der Waals surface area contributed by atoms with Crippen LogP contribution in [0.15, 0.2) is 34.9 Å². The number of benzene rings is 1. The second-order valence-corrected chi connectivity index (χ2v) is 3.15. The molecule has 0 amide bonds. The van der Waals surface area contributed by atoms with Gasteiger partial charge in [0.2, 0.25) is 5.89 Å². The fourth-order valence-corrected chi connectivity index (χ4v) is 1.27. The van der Waals surface area contributed by atoms with Crippen LogP contribution in [0.4, 0.5) is 0 Å². The molecule has 0 bridgehead atoms. The van der Waals surface area contributed by atoms with Crippen LogP contribution in [-0.2, 0) is 6.42 Å². The molecule has 0 spiro atoms. The van der Waals surface area contributed by atoms with Gasteiger partial charge in [-0.15, -0.1) is 0 Å². The quantitative estimate of drug-likeness (QED) is 0.798. The smallest absolute Gasteiger partial charge is 0.226 e. The summed E-state index contributed by atoms with van der Waals surface area (Å²) in [6, 6.07) is 6.60. The van der Waals surface area contributed by atoms with Gasteiger partial charge in [-0.1, -0.05) is 0 Å². The summed E-state index contributed by atoms with van der Waals surface area (Å²) in [7, 11) is 0. The highest BCUT2D eigenvalue weighted by Crippen LogP contribution is 2.21. The molecule has 2 aromatic rings. The molecule has 0 aliphatic carbocycles. The Kier molecular flexibility index (Phi) is 2.69.